The van der Waals surface area contributed by atoms with Crippen molar-refractivity contribution in [1.29, 1.82) is 0 Å². The standard InChI is InChI=1S/C23H33N7O8S2/c1-4-9-39-23-26-21(25-12-13-5-6-15(35-2)16(10-13)36-3)18-22(27-23)30(29-28-18)14-11-17(20(32)19(14)31)37-7-8-38-40(24,33)34/h5-6,10,14,17,19-20,31-32H,4,7-9,11-12H2,1-3H3,(H2,24,33,34)(H,25,26,27)/t14-,17+,19+,20-/m0/s1. The van der Waals surface area contributed by atoms with E-state index in [1.165, 1.54) is 16.4 Å². The summed E-state index contributed by atoms with van der Waals surface area (Å²) in [7, 11) is -0.964. The van der Waals surface area contributed by atoms with Gasteiger partial charge in [-0.2, -0.15) is 8.42 Å². The minimum Gasteiger partial charge on any atom is -0.493 e. The Balaban J connectivity index is 1.57. The summed E-state index contributed by atoms with van der Waals surface area (Å²) in [6.07, 6.45) is -2.20. The van der Waals surface area contributed by atoms with E-state index < -0.39 is 34.7 Å². The summed E-state index contributed by atoms with van der Waals surface area (Å²) in [6, 6.07) is 4.87. The fourth-order valence-corrected chi connectivity index (χ4v) is 5.31. The Kier molecular flexibility index (Phi) is 9.99. The summed E-state index contributed by atoms with van der Waals surface area (Å²) < 4.78 is 44.1. The highest BCUT2D eigenvalue weighted by Gasteiger charge is 2.44. The third-order valence-electron chi connectivity index (χ3n) is 6.22. The van der Waals surface area contributed by atoms with Crippen LogP contribution in [0.15, 0.2) is 23.4 Å². The molecule has 4 atom stereocenters. The van der Waals surface area contributed by atoms with E-state index in [1.807, 2.05) is 18.2 Å². The van der Waals surface area contributed by atoms with Crippen LogP contribution in [0.2, 0.25) is 0 Å². The molecule has 2 aromatic heterocycles. The number of nitrogens with zero attached hydrogens (tertiary/aromatic N) is 5. The van der Waals surface area contributed by atoms with E-state index in [4.69, 9.17) is 19.3 Å². The number of thioether (sulfide) groups is 1. The van der Waals surface area contributed by atoms with Crippen LogP contribution in [0.25, 0.3) is 11.2 Å². The lowest BCUT2D eigenvalue weighted by atomic mass is 10.2. The average molecular weight is 600 g/mol. The molecule has 1 aliphatic carbocycles. The molecule has 4 rings (SSSR count). The molecule has 1 saturated carbocycles. The SMILES string of the molecule is CCCSc1nc(NCc2ccc(OC)c(OC)c2)c2nnn([C@H]3C[C@@H](OCCOS(N)(=O)=O)[C@H](O)[C@@H]3O)c2n1. The third-order valence-corrected chi connectivity index (χ3v) is 7.77. The minimum absolute atomic E-state index is 0.153. The lowest BCUT2D eigenvalue weighted by molar-refractivity contribution is -0.0612. The molecule has 0 unspecified atom stereocenters. The first-order valence-corrected chi connectivity index (χ1v) is 15.0. The Bertz CT molecular complexity index is 1410. The van der Waals surface area contributed by atoms with Gasteiger partial charge in [0, 0.05) is 18.7 Å². The molecule has 3 aromatic rings. The normalized spacial score (nSPS) is 21.1. The molecule has 5 N–H and O–H groups in total. The van der Waals surface area contributed by atoms with Crippen molar-refractivity contribution in [1.82, 2.24) is 25.0 Å². The molecule has 0 radical (unpaired) electrons. The minimum atomic E-state index is -4.11. The number of hydrogen-bond acceptors (Lipinski definition) is 14. The molecular formula is C23H33N7O8S2. The molecule has 0 aliphatic heterocycles. The predicted molar refractivity (Wildman–Crippen MR) is 145 cm³/mol. The number of aliphatic hydroxyl groups is 2. The summed E-state index contributed by atoms with van der Waals surface area (Å²) in [5.41, 5.74) is 1.70. The Hall–Kier alpha value is -2.80. The van der Waals surface area contributed by atoms with Gasteiger partial charge in [-0.3, -0.25) is 4.18 Å². The third kappa shape index (κ3) is 7.09. The van der Waals surface area contributed by atoms with Crippen LogP contribution >= 0.6 is 11.8 Å². The van der Waals surface area contributed by atoms with Crippen LogP contribution in [0, 0.1) is 0 Å². The fraction of sp³-hybridized carbons (Fsp3) is 0.565. The molecule has 17 heteroatoms. The van der Waals surface area contributed by atoms with E-state index in [1.54, 1.807) is 14.2 Å². The van der Waals surface area contributed by atoms with E-state index in [-0.39, 0.29) is 19.6 Å². The van der Waals surface area contributed by atoms with Gasteiger partial charge in [0.05, 0.1) is 39.6 Å². The maximum atomic E-state index is 10.9. The van der Waals surface area contributed by atoms with Crippen LogP contribution < -0.4 is 19.9 Å². The van der Waals surface area contributed by atoms with Gasteiger partial charge in [-0.05, 0) is 24.1 Å². The molecule has 0 amide bonds. The number of nitrogens with two attached hydrogens (primary N) is 1. The Morgan fingerprint density at radius 2 is 1.93 bits per heavy atom. The van der Waals surface area contributed by atoms with Gasteiger partial charge in [-0.15, -0.1) is 5.10 Å². The number of methoxy groups -OCH3 is 2. The molecule has 1 aromatic carbocycles. The van der Waals surface area contributed by atoms with Crippen LogP contribution in [-0.4, -0.2) is 95.1 Å². The van der Waals surface area contributed by atoms with Gasteiger partial charge in [0.2, 0.25) is 0 Å². The lowest BCUT2D eigenvalue weighted by Gasteiger charge is -2.17. The van der Waals surface area contributed by atoms with E-state index >= 15 is 0 Å². The molecule has 15 nitrogen and oxygen atoms in total. The van der Waals surface area contributed by atoms with Crippen molar-refractivity contribution in [2.75, 3.05) is 38.5 Å². The Labute approximate surface area is 235 Å². The summed E-state index contributed by atoms with van der Waals surface area (Å²) >= 11 is 1.48. The van der Waals surface area contributed by atoms with Gasteiger partial charge in [-0.25, -0.2) is 19.8 Å². The zero-order chi connectivity index (χ0) is 28.9. The summed E-state index contributed by atoms with van der Waals surface area (Å²) in [5, 5.41) is 38.5. The van der Waals surface area contributed by atoms with Gasteiger partial charge in [0.1, 0.15) is 12.2 Å². The van der Waals surface area contributed by atoms with Crippen molar-refractivity contribution in [3.63, 3.8) is 0 Å². The molecule has 2 heterocycles. The average Bonchev–Trinajstić information content (AvgIpc) is 3.48. The highest BCUT2D eigenvalue weighted by molar-refractivity contribution is 7.99. The molecule has 1 aliphatic rings. The maximum Gasteiger partial charge on any atom is 0.333 e. The smallest absolute Gasteiger partial charge is 0.333 e. The van der Waals surface area contributed by atoms with Crippen molar-refractivity contribution in [2.45, 2.75) is 55.8 Å². The Morgan fingerprint density at radius 3 is 2.62 bits per heavy atom. The van der Waals surface area contributed by atoms with Crippen LogP contribution in [0.5, 0.6) is 11.5 Å². The van der Waals surface area contributed by atoms with E-state index in [0.29, 0.717) is 40.2 Å². The van der Waals surface area contributed by atoms with E-state index in [9.17, 15) is 18.6 Å². The molecule has 0 bridgehead atoms. The maximum absolute atomic E-state index is 10.9. The monoisotopic (exact) mass is 599 g/mol. The van der Waals surface area contributed by atoms with Gasteiger partial charge < -0.3 is 29.7 Å². The molecule has 40 heavy (non-hydrogen) atoms. The first kappa shape index (κ1) is 30.2. The molecule has 1 fully saturated rings. The molecule has 0 spiro atoms. The summed E-state index contributed by atoms with van der Waals surface area (Å²) in [4.78, 5) is 9.30. The van der Waals surface area contributed by atoms with Crippen molar-refractivity contribution in [3.05, 3.63) is 23.8 Å². The quantitative estimate of drug-likeness (QED) is 0.114. The zero-order valence-electron chi connectivity index (χ0n) is 22.3. The van der Waals surface area contributed by atoms with E-state index in [0.717, 1.165) is 17.7 Å². The number of fused-ring (bicyclic) bond motifs is 1. The summed E-state index contributed by atoms with van der Waals surface area (Å²) in [5.74, 6) is 2.48. The second-order valence-corrected chi connectivity index (χ2v) is 11.2. The highest BCUT2D eigenvalue weighted by Crippen LogP contribution is 2.35. The second kappa shape index (κ2) is 13.2. The van der Waals surface area contributed by atoms with Crippen molar-refractivity contribution in [3.8, 4) is 11.5 Å². The fourth-order valence-electron chi connectivity index (χ4n) is 4.32. The number of nitrogens with one attached hydrogen (secondary N) is 1. The first-order chi connectivity index (χ1) is 19.1. The Morgan fingerprint density at radius 1 is 1.15 bits per heavy atom. The van der Waals surface area contributed by atoms with Crippen LogP contribution in [0.4, 0.5) is 5.82 Å². The number of hydrogen-bond donors (Lipinski definition) is 4. The largest absolute Gasteiger partial charge is 0.493 e. The van der Waals surface area contributed by atoms with Crippen molar-refractivity contribution in [2.24, 2.45) is 5.14 Å². The summed E-state index contributed by atoms with van der Waals surface area (Å²) in [6.45, 7) is 1.98. The van der Waals surface area contributed by atoms with E-state index in [2.05, 4.69) is 36.7 Å². The number of rotatable bonds is 14. The predicted octanol–water partition coefficient (Wildman–Crippen LogP) is 0.625. The van der Waals surface area contributed by atoms with Crippen LogP contribution in [0.3, 0.4) is 0 Å². The molecule has 0 saturated heterocycles. The zero-order valence-corrected chi connectivity index (χ0v) is 23.9. The number of aromatic nitrogens is 5. The number of anilines is 1. The highest BCUT2D eigenvalue weighted by atomic mass is 32.2. The molecule has 220 valence electrons. The van der Waals surface area contributed by atoms with Gasteiger partial charge >= 0.3 is 10.3 Å². The number of ether oxygens (including phenoxy) is 3. The van der Waals surface area contributed by atoms with Crippen molar-refractivity contribution < 1.29 is 37.0 Å². The lowest BCUT2D eigenvalue weighted by Crippen LogP contribution is -2.33. The van der Waals surface area contributed by atoms with Crippen LogP contribution in [0.1, 0.15) is 31.4 Å². The van der Waals surface area contributed by atoms with Gasteiger partial charge in [0.15, 0.2) is 33.6 Å². The molecular weight excluding hydrogens is 566 g/mol. The first-order valence-electron chi connectivity index (χ1n) is 12.5. The topological polar surface area (TPSA) is 206 Å². The van der Waals surface area contributed by atoms with Gasteiger partial charge in [0.25, 0.3) is 0 Å². The second-order valence-electron chi connectivity index (χ2n) is 8.96. The number of benzene rings is 1. The van der Waals surface area contributed by atoms with Gasteiger partial charge in [-0.1, -0.05) is 30.0 Å². The van der Waals surface area contributed by atoms with Crippen molar-refractivity contribution >= 4 is 39.0 Å². The van der Waals surface area contributed by atoms with Crippen LogP contribution in [-0.2, 0) is 25.8 Å². The number of aliphatic hydroxyl groups excluding tert-OH is 2.